The summed E-state index contributed by atoms with van der Waals surface area (Å²) in [4.78, 5) is 0. The minimum absolute atomic E-state index is 0.171. The van der Waals surface area contributed by atoms with Crippen LogP contribution in [0, 0.1) is 6.92 Å². The highest BCUT2D eigenvalue weighted by molar-refractivity contribution is 5.37. The molecule has 94 valence electrons. The second-order valence-corrected chi connectivity index (χ2v) is 4.17. The zero-order valence-electron chi connectivity index (χ0n) is 10.7. The summed E-state index contributed by atoms with van der Waals surface area (Å²) in [5, 5.41) is 0. The predicted octanol–water partition coefficient (Wildman–Crippen LogP) is 2.86. The van der Waals surface area contributed by atoms with E-state index in [1.165, 1.54) is 5.56 Å². The summed E-state index contributed by atoms with van der Waals surface area (Å²) >= 11 is 0. The second-order valence-electron chi connectivity index (χ2n) is 4.17. The third kappa shape index (κ3) is 3.88. The van der Waals surface area contributed by atoms with Gasteiger partial charge < -0.3 is 4.74 Å². The van der Waals surface area contributed by atoms with Crippen LogP contribution >= 0.6 is 0 Å². The van der Waals surface area contributed by atoms with Crippen LogP contribution in [0.3, 0.4) is 0 Å². The first-order chi connectivity index (χ1) is 8.22. The van der Waals surface area contributed by atoms with Crippen LogP contribution in [-0.2, 0) is 0 Å². The van der Waals surface area contributed by atoms with E-state index in [-0.39, 0.29) is 6.04 Å². The molecule has 3 nitrogen and oxygen atoms in total. The lowest BCUT2D eigenvalue weighted by Crippen LogP contribution is -2.28. The maximum absolute atomic E-state index is 5.60. The number of aryl methyl sites for hydroxylation is 1. The predicted molar refractivity (Wildman–Crippen MR) is 71.8 cm³/mol. The van der Waals surface area contributed by atoms with E-state index in [4.69, 9.17) is 10.6 Å². The van der Waals surface area contributed by atoms with Crippen molar-refractivity contribution in [1.29, 1.82) is 0 Å². The topological polar surface area (TPSA) is 47.3 Å². The lowest BCUT2D eigenvalue weighted by molar-refractivity contribution is 0.409. The summed E-state index contributed by atoms with van der Waals surface area (Å²) in [6.07, 6.45) is 5.02. The van der Waals surface area contributed by atoms with Gasteiger partial charge in [0.1, 0.15) is 5.75 Å². The van der Waals surface area contributed by atoms with Gasteiger partial charge in [-0.1, -0.05) is 18.2 Å². The van der Waals surface area contributed by atoms with E-state index < -0.39 is 0 Å². The lowest BCUT2D eigenvalue weighted by atomic mass is 10.00. The van der Waals surface area contributed by atoms with Gasteiger partial charge in [-0.2, -0.15) is 0 Å². The van der Waals surface area contributed by atoms with Crippen LogP contribution in [0.15, 0.2) is 30.9 Å². The van der Waals surface area contributed by atoms with Gasteiger partial charge in [0, 0.05) is 6.04 Å². The Hall–Kier alpha value is -1.32. The van der Waals surface area contributed by atoms with Crippen LogP contribution in [-0.4, -0.2) is 7.11 Å². The molecule has 1 unspecified atom stereocenters. The Labute approximate surface area is 104 Å². The van der Waals surface area contributed by atoms with E-state index in [0.29, 0.717) is 0 Å². The zero-order chi connectivity index (χ0) is 12.7. The van der Waals surface area contributed by atoms with Gasteiger partial charge in [0.2, 0.25) is 0 Å². The summed E-state index contributed by atoms with van der Waals surface area (Å²) in [6.45, 7) is 5.76. The molecule has 3 heteroatoms. The first-order valence-corrected chi connectivity index (χ1v) is 5.94. The first kappa shape index (κ1) is 13.7. The van der Waals surface area contributed by atoms with Crippen molar-refractivity contribution in [2.24, 2.45) is 5.84 Å². The molecule has 0 fully saturated rings. The number of benzene rings is 1. The van der Waals surface area contributed by atoms with E-state index in [2.05, 4.69) is 24.1 Å². The highest BCUT2D eigenvalue weighted by Gasteiger charge is 2.10. The number of nitrogens with two attached hydrogens (primary N) is 1. The van der Waals surface area contributed by atoms with E-state index in [1.54, 1.807) is 7.11 Å². The molecule has 0 heterocycles. The van der Waals surface area contributed by atoms with Gasteiger partial charge >= 0.3 is 0 Å². The van der Waals surface area contributed by atoms with Crippen molar-refractivity contribution in [1.82, 2.24) is 5.43 Å². The van der Waals surface area contributed by atoms with Gasteiger partial charge in [0.05, 0.1) is 7.11 Å². The fraction of sp³-hybridized carbons (Fsp3) is 0.429. The Morgan fingerprint density at radius 3 is 2.88 bits per heavy atom. The molecule has 0 aliphatic carbocycles. The van der Waals surface area contributed by atoms with E-state index >= 15 is 0 Å². The van der Waals surface area contributed by atoms with Crippen LogP contribution in [0.5, 0.6) is 5.75 Å². The Balaban J connectivity index is 2.76. The third-order valence-electron chi connectivity index (χ3n) is 2.94. The fourth-order valence-electron chi connectivity index (χ4n) is 1.87. The number of nitrogens with one attached hydrogen (secondary N) is 1. The number of unbranched alkanes of at least 4 members (excludes halogenated alkanes) is 1. The van der Waals surface area contributed by atoms with Gasteiger partial charge in [-0.25, -0.2) is 0 Å². The molecule has 1 rings (SSSR count). The average molecular weight is 234 g/mol. The standard InChI is InChI=1S/C14H22N2O/c1-4-5-6-7-13(16-15)12-9-8-11(2)14(10-12)17-3/h4,8-10,13,16H,1,5-7,15H2,2-3H3. The van der Waals surface area contributed by atoms with Crippen molar-refractivity contribution in [2.45, 2.75) is 32.2 Å². The summed E-state index contributed by atoms with van der Waals surface area (Å²) in [6, 6.07) is 6.38. The van der Waals surface area contributed by atoms with Gasteiger partial charge in [-0.3, -0.25) is 11.3 Å². The Morgan fingerprint density at radius 2 is 2.29 bits per heavy atom. The molecule has 0 saturated heterocycles. The third-order valence-corrected chi connectivity index (χ3v) is 2.94. The van der Waals surface area contributed by atoms with E-state index in [9.17, 15) is 0 Å². The van der Waals surface area contributed by atoms with Crippen molar-refractivity contribution in [3.63, 3.8) is 0 Å². The van der Waals surface area contributed by atoms with Crippen molar-refractivity contribution in [3.8, 4) is 5.75 Å². The number of hydrogen-bond donors (Lipinski definition) is 2. The SMILES string of the molecule is C=CCCCC(NN)c1ccc(C)c(OC)c1. The summed E-state index contributed by atoms with van der Waals surface area (Å²) < 4.78 is 5.32. The summed E-state index contributed by atoms with van der Waals surface area (Å²) in [5.41, 5.74) is 5.16. The molecule has 0 bridgehead atoms. The molecular weight excluding hydrogens is 212 g/mol. The quantitative estimate of drug-likeness (QED) is 0.330. The van der Waals surface area contributed by atoms with Gasteiger partial charge in [0.15, 0.2) is 0 Å². The molecule has 0 aliphatic rings. The molecule has 17 heavy (non-hydrogen) atoms. The van der Waals surface area contributed by atoms with Gasteiger partial charge in [-0.15, -0.1) is 6.58 Å². The van der Waals surface area contributed by atoms with Crippen LogP contribution < -0.4 is 16.0 Å². The molecular formula is C14H22N2O. The maximum atomic E-state index is 5.60. The fourth-order valence-corrected chi connectivity index (χ4v) is 1.87. The van der Waals surface area contributed by atoms with Crippen molar-refractivity contribution in [2.75, 3.05) is 7.11 Å². The smallest absolute Gasteiger partial charge is 0.122 e. The van der Waals surface area contributed by atoms with Gasteiger partial charge in [0.25, 0.3) is 0 Å². The average Bonchev–Trinajstić information content (AvgIpc) is 2.36. The number of methoxy groups -OCH3 is 1. The molecule has 3 N–H and O–H groups in total. The normalized spacial score (nSPS) is 12.2. The number of rotatable bonds is 7. The first-order valence-electron chi connectivity index (χ1n) is 5.94. The molecule has 0 saturated carbocycles. The van der Waals surface area contributed by atoms with Crippen molar-refractivity contribution >= 4 is 0 Å². The second kappa shape index (κ2) is 7.09. The molecule has 0 spiro atoms. The molecule has 0 amide bonds. The summed E-state index contributed by atoms with van der Waals surface area (Å²) in [7, 11) is 1.69. The largest absolute Gasteiger partial charge is 0.496 e. The molecule has 0 aromatic heterocycles. The molecule has 1 aromatic carbocycles. The van der Waals surface area contributed by atoms with Crippen molar-refractivity contribution in [3.05, 3.63) is 42.0 Å². The van der Waals surface area contributed by atoms with E-state index in [0.717, 1.165) is 30.6 Å². The summed E-state index contributed by atoms with van der Waals surface area (Å²) in [5.74, 6) is 6.51. The van der Waals surface area contributed by atoms with Crippen molar-refractivity contribution < 1.29 is 4.74 Å². The van der Waals surface area contributed by atoms with Crippen LogP contribution in [0.4, 0.5) is 0 Å². The van der Waals surface area contributed by atoms with Gasteiger partial charge in [-0.05, 0) is 43.4 Å². The Bertz CT molecular complexity index is 363. The van der Waals surface area contributed by atoms with Crippen LogP contribution in [0.25, 0.3) is 0 Å². The lowest BCUT2D eigenvalue weighted by Gasteiger charge is -2.17. The minimum atomic E-state index is 0.171. The van der Waals surface area contributed by atoms with Crippen LogP contribution in [0.2, 0.25) is 0 Å². The maximum Gasteiger partial charge on any atom is 0.122 e. The molecule has 1 aromatic rings. The Morgan fingerprint density at radius 1 is 1.53 bits per heavy atom. The Kier molecular flexibility index (Phi) is 5.73. The number of hydrogen-bond acceptors (Lipinski definition) is 3. The highest BCUT2D eigenvalue weighted by atomic mass is 16.5. The van der Waals surface area contributed by atoms with E-state index in [1.807, 2.05) is 19.1 Å². The molecule has 0 aliphatic heterocycles. The minimum Gasteiger partial charge on any atom is -0.496 e. The monoisotopic (exact) mass is 234 g/mol. The molecule has 0 radical (unpaired) electrons. The molecule has 1 atom stereocenters. The number of ether oxygens (including phenoxy) is 1. The number of hydrazine groups is 1. The number of allylic oxidation sites excluding steroid dienone is 1. The highest BCUT2D eigenvalue weighted by Crippen LogP contribution is 2.25. The van der Waals surface area contributed by atoms with Crippen LogP contribution in [0.1, 0.15) is 36.4 Å². The zero-order valence-corrected chi connectivity index (χ0v) is 10.7.